The number of rotatable bonds is 4. The van der Waals surface area contributed by atoms with Gasteiger partial charge >= 0.3 is 0 Å². The zero-order valence-corrected chi connectivity index (χ0v) is 18.2. The highest BCUT2D eigenvalue weighted by Gasteiger charge is 2.34. The minimum Gasteiger partial charge on any atom is -0.507 e. The van der Waals surface area contributed by atoms with Crippen LogP contribution in [0.5, 0.6) is 5.75 Å². The normalized spacial score (nSPS) is 12.0. The van der Waals surface area contributed by atoms with Crippen LogP contribution in [0.4, 0.5) is 5.69 Å². The molecular weight excluding hydrogens is 350 g/mol. The van der Waals surface area contributed by atoms with Crippen LogP contribution < -0.4 is 4.90 Å². The molecule has 2 aromatic rings. The second-order valence-corrected chi connectivity index (χ2v) is 9.46. The molecule has 0 saturated carbocycles. The standard InChI is InChI=1S/C24H31NO3/c1-23(2,3)17-14-16(21(27)20(26)15-12-10-9-11-13-15)19(25(7)8)18(22(17)28)24(4,5)6/h9-14,28H,1-8H3. The van der Waals surface area contributed by atoms with Crippen LogP contribution in [0.1, 0.15) is 73.4 Å². The summed E-state index contributed by atoms with van der Waals surface area (Å²) in [5.41, 5.74) is 1.80. The van der Waals surface area contributed by atoms with E-state index in [9.17, 15) is 14.7 Å². The lowest BCUT2D eigenvalue weighted by Crippen LogP contribution is -2.27. The molecule has 0 aliphatic rings. The fourth-order valence-corrected chi connectivity index (χ4v) is 3.43. The van der Waals surface area contributed by atoms with E-state index in [4.69, 9.17) is 0 Å². The van der Waals surface area contributed by atoms with E-state index in [0.29, 0.717) is 27.9 Å². The first kappa shape index (κ1) is 21.7. The van der Waals surface area contributed by atoms with E-state index in [1.54, 1.807) is 35.2 Å². The Kier molecular flexibility index (Phi) is 5.74. The summed E-state index contributed by atoms with van der Waals surface area (Å²) >= 11 is 0. The number of hydrogen-bond acceptors (Lipinski definition) is 4. The van der Waals surface area contributed by atoms with Crippen molar-refractivity contribution in [2.75, 3.05) is 19.0 Å². The van der Waals surface area contributed by atoms with Crippen LogP contribution in [0.3, 0.4) is 0 Å². The summed E-state index contributed by atoms with van der Waals surface area (Å²) in [6.45, 7) is 11.9. The highest BCUT2D eigenvalue weighted by Crippen LogP contribution is 2.46. The van der Waals surface area contributed by atoms with Crippen LogP contribution >= 0.6 is 0 Å². The van der Waals surface area contributed by atoms with Crippen molar-refractivity contribution in [2.45, 2.75) is 52.4 Å². The van der Waals surface area contributed by atoms with E-state index in [0.717, 1.165) is 0 Å². The van der Waals surface area contributed by atoms with Gasteiger partial charge in [0.2, 0.25) is 11.6 Å². The molecule has 0 aromatic heterocycles. The third kappa shape index (κ3) is 4.11. The number of benzene rings is 2. The molecule has 28 heavy (non-hydrogen) atoms. The van der Waals surface area contributed by atoms with Gasteiger partial charge in [-0.25, -0.2) is 0 Å². The predicted octanol–water partition coefficient (Wildman–Crippen LogP) is 5.12. The largest absolute Gasteiger partial charge is 0.507 e. The highest BCUT2D eigenvalue weighted by atomic mass is 16.3. The van der Waals surface area contributed by atoms with Gasteiger partial charge in [0.05, 0.1) is 11.3 Å². The molecule has 0 fully saturated rings. The maximum Gasteiger partial charge on any atom is 0.235 e. The molecule has 0 saturated heterocycles. The predicted molar refractivity (Wildman–Crippen MR) is 115 cm³/mol. The van der Waals surface area contributed by atoms with Crippen molar-refractivity contribution in [3.05, 3.63) is 58.7 Å². The monoisotopic (exact) mass is 381 g/mol. The van der Waals surface area contributed by atoms with Crippen molar-refractivity contribution in [3.8, 4) is 5.75 Å². The van der Waals surface area contributed by atoms with Gasteiger partial charge in [-0.1, -0.05) is 71.9 Å². The van der Waals surface area contributed by atoms with Gasteiger partial charge in [-0.2, -0.15) is 0 Å². The Balaban J connectivity index is 2.86. The van der Waals surface area contributed by atoms with Crippen molar-refractivity contribution in [1.29, 1.82) is 0 Å². The molecule has 4 heteroatoms. The van der Waals surface area contributed by atoms with E-state index in [1.807, 2.05) is 61.7 Å². The summed E-state index contributed by atoms with van der Waals surface area (Å²) in [4.78, 5) is 28.0. The minimum atomic E-state index is -0.564. The molecule has 2 aromatic carbocycles. The molecule has 0 heterocycles. The molecule has 0 bridgehead atoms. The van der Waals surface area contributed by atoms with Gasteiger partial charge in [0.15, 0.2) is 0 Å². The molecule has 0 amide bonds. The summed E-state index contributed by atoms with van der Waals surface area (Å²) in [7, 11) is 3.65. The maximum absolute atomic E-state index is 13.3. The first-order chi connectivity index (χ1) is 12.8. The number of phenolic OH excluding ortho intramolecular Hbond substituents is 1. The van der Waals surface area contributed by atoms with Crippen LogP contribution in [0.15, 0.2) is 36.4 Å². The van der Waals surface area contributed by atoms with Crippen LogP contribution in [0.2, 0.25) is 0 Å². The van der Waals surface area contributed by atoms with E-state index < -0.39 is 17.0 Å². The van der Waals surface area contributed by atoms with Crippen molar-refractivity contribution in [1.82, 2.24) is 0 Å². The summed E-state index contributed by atoms with van der Waals surface area (Å²) < 4.78 is 0. The van der Waals surface area contributed by atoms with Gasteiger partial charge in [-0.05, 0) is 16.9 Å². The summed E-state index contributed by atoms with van der Waals surface area (Å²) in [6.07, 6.45) is 0. The summed E-state index contributed by atoms with van der Waals surface area (Å²) in [6, 6.07) is 10.3. The highest BCUT2D eigenvalue weighted by molar-refractivity contribution is 6.50. The second-order valence-electron chi connectivity index (χ2n) is 9.46. The molecule has 0 aliphatic carbocycles. The first-order valence-corrected chi connectivity index (χ1v) is 9.49. The van der Waals surface area contributed by atoms with Crippen molar-refractivity contribution in [2.24, 2.45) is 0 Å². The zero-order valence-electron chi connectivity index (χ0n) is 18.2. The maximum atomic E-state index is 13.3. The average molecular weight is 382 g/mol. The molecule has 150 valence electrons. The van der Waals surface area contributed by atoms with Gasteiger partial charge in [0.1, 0.15) is 5.75 Å². The smallest absolute Gasteiger partial charge is 0.235 e. The van der Waals surface area contributed by atoms with E-state index in [2.05, 4.69) is 0 Å². The molecule has 0 radical (unpaired) electrons. The lowest BCUT2D eigenvalue weighted by Gasteiger charge is -2.33. The molecule has 4 nitrogen and oxygen atoms in total. The van der Waals surface area contributed by atoms with Crippen molar-refractivity contribution in [3.63, 3.8) is 0 Å². The fraction of sp³-hybridized carbons (Fsp3) is 0.417. The summed E-state index contributed by atoms with van der Waals surface area (Å²) in [5.74, 6) is -0.924. The van der Waals surface area contributed by atoms with Gasteiger partial charge in [0.25, 0.3) is 0 Å². The number of nitrogens with zero attached hydrogens (tertiary/aromatic N) is 1. The Morgan fingerprint density at radius 2 is 1.39 bits per heavy atom. The van der Waals surface area contributed by atoms with Gasteiger partial charge in [0, 0.05) is 30.8 Å². The minimum absolute atomic E-state index is 0.187. The van der Waals surface area contributed by atoms with Crippen LogP contribution in [-0.2, 0) is 10.8 Å². The van der Waals surface area contributed by atoms with Gasteiger partial charge < -0.3 is 10.0 Å². The Hall–Kier alpha value is -2.62. The summed E-state index contributed by atoms with van der Waals surface area (Å²) in [5, 5.41) is 11.1. The molecule has 0 unspecified atom stereocenters. The third-order valence-corrected chi connectivity index (χ3v) is 4.76. The molecule has 0 atom stereocenters. The number of anilines is 1. The Bertz CT molecular complexity index is 898. The number of hydrogen-bond donors (Lipinski definition) is 1. The van der Waals surface area contributed by atoms with Crippen LogP contribution in [0.25, 0.3) is 0 Å². The van der Waals surface area contributed by atoms with Crippen molar-refractivity contribution >= 4 is 17.3 Å². The SMILES string of the molecule is CN(C)c1c(C(=O)C(=O)c2ccccc2)cc(C(C)(C)C)c(O)c1C(C)(C)C. The Morgan fingerprint density at radius 3 is 1.82 bits per heavy atom. The molecular formula is C24H31NO3. The molecule has 1 N–H and O–H groups in total. The number of phenols is 1. The molecule has 2 rings (SSSR count). The number of aromatic hydroxyl groups is 1. The first-order valence-electron chi connectivity index (χ1n) is 9.49. The zero-order chi connectivity index (χ0) is 21.4. The fourth-order valence-electron chi connectivity index (χ4n) is 3.43. The quantitative estimate of drug-likeness (QED) is 0.590. The third-order valence-electron chi connectivity index (χ3n) is 4.76. The Morgan fingerprint density at radius 1 is 0.857 bits per heavy atom. The van der Waals surface area contributed by atoms with E-state index in [1.165, 1.54) is 0 Å². The number of ketones is 2. The van der Waals surface area contributed by atoms with E-state index >= 15 is 0 Å². The topological polar surface area (TPSA) is 57.6 Å². The lowest BCUT2D eigenvalue weighted by atomic mass is 9.76. The average Bonchev–Trinajstić information content (AvgIpc) is 2.58. The van der Waals surface area contributed by atoms with Gasteiger partial charge in [-0.3, -0.25) is 9.59 Å². The van der Waals surface area contributed by atoms with Crippen LogP contribution in [0, 0.1) is 0 Å². The lowest BCUT2D eigenvalue weighted by molar-refractivity contribution is 0.0817. The number of Topliss-reactive ketones (excluding diaryl/α,β-unsaturated/α-hetero) is 2. The molecule has 0 spiro atoms. The number of carbonyl (C=O) groups excluding carboxylic acids is 2. The second kappa shape index (κ2) is 7.42. The Labute approximate surface area is 168 Å². The van der Waals surface area contributed by atoms with E-state index in [-0.39, 0.29) is 11.2 Å². The number of carbonyl (C=O) groups is 2. The van der Waals surface area contributed by atoms with Gasteiger partial charge in [-0.15, -0.1) is 0 Å². The van der Waals surface area contributed by atoms with Crippen LogP contribution in [-0.4, -0.2) is 30.8 Å². The van der Waals surface area contributed by atoms with Crippen molar-refractivity contribution < 1.29 is 14.7 Å². The molecule has 0 aliphatic heterocycles.